The number of carbonyl (C=O) groups excluding carboxylic acids is 2. The Morgan fingerprint density at radius 2 is 2.12 bits per heavy atom. The van der Waals surface area contributed by atoms with E-state index in [0.29, 0.717) is 25.3 Å². The van der Waals surface area contributed by atoms with Gasteiger partial charge in [-0.3, -0.25) is 4.79 Å². The first-order valence-corrected chi connectivity index (χ1v) is 8.64. The second-order valence-corrected chi connectivity index (χ2v) is 6.92. The molecule has 134 valence electrons. The number of urea groups is 1. The maximum atomic E-state index is 12.7. The topological polar surface area (TPSA) is 70.7 Å². The van der Waals surface area contributed by atoms with E-state index >= 15 is 0 Å². The van der Waals surface area contributed by atoms with Crippen LogP contribution in [0.1, 0.15) is 17.5 Å². The highest BCUT2D eigenvalue weighted by Gasteiger charge is 2.52. The minimum Gasteiger partial charge on any atom is -0.497 e. The van der Waals surface area contributed by atoms with E-state index in [4.69, 9.17) is 4.74 Å². The van der Waals surface area contributed by atoms with Crippen LogP contribution in [0.25, 0.3) is 0 Å². The summed E-state index contributed by atoms with van der Waals surface area (Å²) in [6.45, 7) is 2.87. The number of fused-ring (bicyclic) bond motifs is 2. The van der Waals surface area contributed by atoms with Crippen molar-refractivity contribution in [2.75, 3.05) is 30.8 Å². The first-order chi connectivity index (χ1) is 12.5. The summed E-state index contributed by atoms with van der Waals surface area (Å²) in [5, 5.41) is 5.87. The van der Waals surface area contributed by atoms with Crippen LogP contribution in [0.5, 0.6) is 5.75 Å². The third-order valence-electron chi connectivity index (χ3n) is 5.25. The number of aryl methyl sites for hydroxylation is 1. The van der Waals surface area contributed by atoms with Crippen LogP contribution in [0, 0.1) is 6.92 Å². The number of carbonyl (C=O) groups is 2. The fourth-order valence-corrected chi connectivity index (χ4v) is 3.83. The van der Waals surface area contributed by atoms with Crippen molar-refractivity contribution in [3.63, 3.8) is 0 Å². The fraction of sp³-hybridized carbons (Fsp3) is 0.300. The number of methoxy groups -OCH3 is 1. The van der Waals surface area contributed by atoms with Crippen molar-refractivity contribution < 1.29 is 14.3 Å². The van der Waals surface area contributed by atoms with E-state index < -0.39 is 5.41 Å². The largest absolute Gasteiger partial charge is 0.497 e. The number of nitrogens with one attached hydrogen (secondary N) is 2. The van der Waals surface area contributed by atoms with E-state index in [9.17, 15) is 9.59 Å². The molecule has 4 rings (SSSR count). The van der Waals surface area contributed by atoms with Crippen molar-refractivity contribution in [3.05, 3.63) is 53.6 Å². The summed E-state index contributed by atoms with van der Waals surface area (Å²) in [7, 11) is 1.61. The highest BCUT2D eigenvalue weighted by Crippen LogP contribution is 2.45. The Labute approximate surface area is 152 Å². The quantitative estimate of drug-likeness (QED) is 0.873. The molecule has 2 N–H and O–H groups in total. The minimum atomic E-state index is -0.701. The number of ether oxygens (including phenoxy) is 1. The van der Waals surface area contributed by atoms with Gasteiger partial charge >= 0.3 is 6.03 Å². The van der Waals surface area contributed by atoms with Gasteiger partial charge in [0.25, 0.3) is 0 Å². The molecule has 0 bridgehead atoms. The van der Waals surface area contributed by atoms with Gasteiger partial charge in [-0.25, -0.2) is 4.79 Å². The summed E-state index contributed by atoms with van der Waals surface area (Å²) in [6.07, 6.45) is 0.597. The lowest BCUT2D eigenvalue weighted by Gasteiger charge is -2.23. The van der Waals surface area contributed by atoms with Crippen molar-refractivity contribution in [3.8, 4) is 5.75 Å². The van der Waals surface area contributed by atoms with Crippen LogP contribution >= 0.6 is 0 Å². The molecule has 2 aromatic carbocycles. The highest BCUT2D eigenvalue weighted by molar-refractivity contribution is 6.07. The molecule has 2 aliphatic rings. The van der Waals surface area contributed by atoms with Crippen LogP contribution in [0.15, 0.2) is 42.5 Å². The van der Waals surface area contributed by atoms with Crippen LogP contribution < -0.4 is 15.4 Å². The van der Waals surface area contributed by atoms with Crippen LogP contribution in [0.2, 0.25) is 0 Å². The fourth-order valence-electron chi connectivity index (χ4n) is 3.83. The molecule has 1 fully saturated rings. The van der Waals surface area contributed by atoms with Gasteiger partial charge in [0.05, 0.1) is 12.5 Å². The first-order valence-electron chi connectivity index (χ1n) is 8.64. The molecule has 2 aliphatic heterocycles. The van der Waals surface area contributed by atoms with E-state index in [2.05, 4.69) is 10.6 Å². The molecule has 0 saturated carbocycles. The molecule has 6 nitrogen and oxygen atoms in total. The smallest absolute Gasteiger partial charge is 0.321 e. The van der Waals surface area contributed by atoms with Gasteiger partial charge < -0.3 is 20.3 Å². The lowest BCUT2D eigenvalue weighted by atomic mass is 9.81. The molecule has 1 saturated heterocycles. The third-order valence-corrected chi connectivity index (χ3v) is 5.25. The molecule has 0 aromatic heterocycles. The van der Waals surface area contributed by atoms with Crippen LogP contribution in [-0.4, -0.2) is 37.0 Å². The van der Waals surface area contributed by atoms with Gasteiger partial charge in [-0.2, -0.15) is 0 Å². The summed E-state index contributed by atoms with van der Waals surface area (Å²) in [6, 6.07) is 13.1. The standard InChI is InChI=1S/C20H21N3O3/c1-13-4-3-5-14(10-13)21-19(25)23-9-8-20(12-23)16-11-15(26-2)6-7-17(16)22-18(20)24/h3-7,10-11H,8-9,12H2,1-2H3,(H,21,25)(H,22,24)/t20-/m0/s1. The zero-order chi connectivity index (χ0) is 18.3. The normalized spacial score (nSPS) is 20.8. The predicted molar refractivity (Wildman–Crippen MR) is 99.7 cm³/mol. The van der Waals surface area contributed by atoms with E-state index in [1.165, 1.54) is 0 Å². The highest BCUT2D eigenvalue weighted by atomic mass is 16.5. The Morgan fingerprint density at radius 1 is 1.27 bits per heavy atom. The number of nitrogens with zero attached hydrogens (tertiary/aromatic N) is 1. The van der Waals surface area contributed by atoms with Crippen LogP contribution in [0.4, 0.5) is 16.2 Å². The van der Waals surface area contributed by atoms with Gasteiger partial charge in [-0.1, -0.05) is 12.1 Å². The average molecular weight is 351 g/mol. The number of rotatable bonds is 2. The number of hydrogen-bond acceptors (Lipinski definition) is 3. The molecule has 26 heavy (non-hydrogen) atoms. The Bertz CT molecular complexity index is 896. The van der Waals surface area contributed by atoms with E-state index in [1.807, 2.05) is 49.4 Å². The SMILES string of the molecule is COc1ccc2c(c1)[C@@]1(CCN(C(=O)Nc3cccc(C)c3)C1)C(=O)N2. The summed E-state index contributed by atoms with van der Waals surface area (Å²) >= 11 is 0. The monoisotopic (exact) mass is 351 g/mol. The van der Waals surface area contributed by atoms with Crippen molar-refractivity contribution >= 4 is 23.3 Å². The van der Waals surface area contributed by atoms with E-state index in [0.717, 1.165) is 22.5 Å². The summed E-state index contributed by atoms with van der Waals surface area (Å²) in [5.74, 6) is 0.661. The molecule has 0 aliphatic carbocycles. The van der Waals surface area contributed by atoms with E-state index in [1.54, 1.807) is 12.0 Å². The van der Waals surface area contributed by atoms with Gasteiger partial charge in [0.15, 0.2) is 0 Å². The molecule has 2 aromatic rings. The molecular weight excluding hydrogens is 330 g/mol. The number of likely N-dealkylation sites (tertiary alicyclic amines) is 1. The van der Waals surface area contributed by atoms with Crippen LogP contribution in [0.3, 0.4) is 0 Å². The van der Waals surface area contributed by atoms with Gasteiger partial charge in [-0.15, -0.1) is 0 Å². The van der Waals surface area contributed by atoms with Crippen LogP contribution in [-0.2, 0) is 10.2 Å². The molecule has 0 radical (unpaired) electrons. The lowest BCUT2D eigenvalue weighted by Crippen LogP contribution is -2.40. The Balaban J connectivity index is 1.57. The lowest BCUT2D eigenvalue weighted by molar-refractivity contribution is -0.120. The molecule has 1 spiro atoms. The Morgan fingerprint density at radius 3 is 2.88 bits per heavy atom. The predicted octanol–water partition coefficient (Wildman–Crippen LogP) is 3.13. The second kappa shape index (κ2) is 6.05. The number of anilines is 2. The van der Waals surface area contributed by atoms with Crippen molar-refractivity contribution in [1.29, 1.82) is 0 Å². The number of benzene rings is 2. The molecule has 3 amide bonds. The first kappa shape index (κ1) is 16.4. The second-order valence-electron chi connectivity index (χ2n) is 6.92. The van der Waals surface area contributed by atoms with E-state index in [-0.39, 0.29) is 11.9 Å². The summed E-state index contributed by atoms with van der Waals surface area (Å²) in [4.78, 5) is 27.1. The van der Waals surface area contributed by atoms with Gasteiger partial charge in [-0.05, 0) is 54.8 Å². The van der Waals surface area contributed by atoms with Crippen molar-refractivity contribution in [2.24, 2.45) is 0 Å². The molecule has 2 heterocycles. The average Bonchev–Trinajstić information content (AvgIpc) is 3.19. The molecule has 0 unspecified atom stereocenters. The minimum absolute atomic E-state index is 0.0494. The molecule has 1 atom stereocenters. The third kappa shape index (κ3) is 2.58. The summed E-state index contributed by atoms with van der Waals surface area (Å²) < 4.78 is 5.31. The number of hydrogen-bond donors (Lipinski definition) is 2. The van der Waals surface area contributed by atoms with Crippen molar-refractivity contribution in [1.82, 2.24) is 4.90 Å². The van der Waals surface area contributed by atoms with Gasteiger partial charge in [0, 0.05) is 24.5 Å². The zero-order valence-electron chi connectivity index (χ0n) is 14.8. The Kier molecular flexibility index (Phi) is 3.83. The van der Waals surface area contributed by atoms with Crippen molar-refractivity contribution in [2.45, 2.75) is 18.8 Å². The summed E-state index contributed by atoms with van der Waals surface area (Å²) in [5.41, 5.74) is 2.85. The Hall–Kier alpha value is -3.02. The number of amides is 3. The maximum Gasteiger partial charge on any atom is 0.321 e. The zero-order valence-corrected chi connectivity index (χ0v) is 14.8. The molecular formula is C20H21N3O3. The molecule has 6 heteroatoms. The maximum absolute atomic E-state index is 12.7. The van der Waals surface area contributed by atoms with Gasteiger partial charge in [0.1, 0.15) is 5.75 Å². The van der Waals surface area contributed by atoms with Gasteiger partial charge in [0.2, 0.25) is 5.91 Å².